The number of nitrogen functional groups attached to an aromatic ring is 2. The van der Waals surface area contributed by atoms with Gasteiger partial charge in [0.1, 0.15) is 49.3 Å². The number of hydrogen-bond acceptors (Lipinski definition) is 16. The second-order valence-corrected chi connectivity index (χ2v) is 7.27. The Hall–Kier alpha value is -3.10. The molecule has 0 aromatic carbocycles. The molecule has 4 rings (SSSR count). The van der Waals surface area contributed by atoms with Crippen molar-refractivity contribution in [3.8, 4) is 0 Å². The van der Waals surface area contributed by atoms with E-state index in [-0.39, 0.29) is 11.9 Å². The topological polar surface area (TPSA) is 287 Å². The smallest absolute Gasteiger partial charge is 0.354 e. The van der Waals surface area contributed by atoms with Gasteiger partial charge < -0.3 is 51.6 Å². The van der Waals surface area contributed by atoms with Crippen molar-refractivity contribution in [3.05, 3.63) is 33.6 Å². The van der Waals surface area contributed by atoms with Gasteiger partial charge in [0.05, 0.1) is 13.2 Å². The zero-order valence-electron chi connectivity index (χ0n) is 17.3. The zero-order valence-corrected chi connectivity index (χ0v) is 17.3. The Bertz CT molecular complexity index is 1010. The largest absolute Gasteiger partial charge is 0.394 e. The standard InChI is InChI=1S/2C8H12N4O5/c2*9-7-10-2-12(8(16)11-7)6-5(15)4(14)3(1-13)17-6/h2*2-6,13-15H,1H2,(H2,9,11,16)/t2*3-,4-,5-,6-/m11/s1. The van der Waals surface area contributed by atoms with Crippen molar-refractivity contribution in [2.24, 2.45) is 0 Å². The van der Waals surface area contributed by atoms with Crippen molar-refractivity contribution in [2.75, 3.05) is 24.7 Å². The molecule has 0 spiro atoms. The maximum Gasteiger partial charge on any atom is 0.354 e. The van der Waals surface area contributed by atoms with Gasteiger partial charge in [0.15, 0.2) is 12.5 Å². The fourth-order valence-electron chi connectivity index (χ4n) is 3.28. The number of ether oxygens (including phenoxy) is 2. The van der Waals surface area contributed by atoms with Crippen LogP contribution in [0, 0.1) is 0 Å². The van der Waals surface area contributed by atoms with Crippen LogP contribution < -0.4 is 22.8 Å². The molecule has 2 saturated heterocycles. The Labute approximate surface area is 189 Å². The summed E-state index contributed by atoms with van der Waals surface area (Å²) in [6, 6.07) is 0. The van der Waals surface area contributed by atoms with E-state index in [2.05, 4.69) is 19.9 Å². The third-order valence-corrected chi connectivity index (χ3v) is 5.07. The summed E-state index contributed by atoms with van der Waals surface area (Å²) < 4.78 is 12.1. The van der Waals surface area contributed by atoms with Crippen molar-refractivity contribution in [3.63, 3.8) is 0 Å². The van der Waals surface area contributed by atoms with E-state index >= 15 is 0 Å². The predicted octanol–water partition coefficient (Wildman–Crippen LogP) is -6.34. The van der Waals surface area contributed by atoms with Crippen LogP contribution in [0.1, 0.15) is 12.5 Å². The highest BCUT2D eigenvalue weighted by atomic mass is 16.6. The third-order valence-electron chi connectivity index (χ3n) is 5.07. The number of nitrogens with two attached hydrogens (primary N) is 2. The monoisotopic (exact) mass is 488 g/mol. The lowest BCUT2D eigenvalue weighted by Gasteiger charge is -2.16. The molecule has 0 aliphatic carbocycles. The molecule has 0 bridgehead atoms. The van der Waals surface area contributed by atoms with Gasteiger partial charge >= 0.3 is 11.4 Å². The number of aromatic nitrogens is 6. The van der Waals surface area contributed by atoms with Crippen LogP contribution in [-0.2, 0) is 9.47 Å². The number of anilines is 2. The Balaban J connectivity index is 0.000000191. The van der Waals surface area contributed by atoms with Gasteiger partial charge in [0.25, 0.3) is 0 Å². The molecule has 10 N–H and O–H groups in total. The second kappa shape index (κ2) is 10.4. The Morgan fingerprint density at radius 2 is 1.09 bits per heavy atom. The summed E-state index contributed by atoms with van der Waals surface area (Å²) in [4.78, 5) is 36.9. The fourth-order valence-corrected chi connectivity index (χ4v) is 3.28. The molecule has 0 unspecified atom stereocenters. The molecule has 0 amide bonds. The van der Waals surface area contributed by atoms with Crippen LogP contribution in [0.25, 0.3) is 0 Å². The lowest BCUT2D eigenvalue weighted by atomic mass is 10.1. The minimum absolute atomic E-state index is 0.196. The van der Waals surface area contributed by atoms with Crippen LogP contribution in [0.3, 0.4) is 0 Å². The third kappa shape index (κ3) is 5.03. The number of nitrogens with zero attached hydrogens (tertiary/aromatic N) is 6. The van der Waals surface area contributed by atoms with Crippen LogP contribution in [0.2, 0.25) is 0 Å². The van der Waals surface area contributed by atoms with Gasteiger partial charge in [-0.05, 0) is 0 Å². The highest BCUT2D eigenvalue weighted by Gasteiger charge is 2.44. The first-order chi connectivity index (χ1) is 16.1. The van der Waals surface area contributed by atoms with E-state index < -0.39 is 73.7 Å². The number of hydrogen-bond donors (Lipinski definition) is 8. The summed E-state index contributed by atoms with van der Waals surface area (Å²) in [6.07, 6.45) is -7.35. The molecule has 8 atom stereocenters. The molecule has 2 aromatic rings. The lowest BCUT2D eigenvalue weighted by Crippen LogP contribution is -2.36. The molecule has 0 saturated carbocycles. The van der Waals surface area contributed by atoms with Crippen molar-refractivity contribution in [1.82, 2.24) is 29.1 Å². The van der Waals surface area contributed by atoms with Gasteiger partial charge in [0, 0.05) is 0 Å². The average Bonchev–Trinajstić information content (AvgIpc) is 3.24. The summed E-state index contributed by atoms with van der Waals surface area (Å²) in [6.45, 7) is -0.946. The summed E-state index contributed by atoms with van der Waals surface area (Å²) in [5.74, 6) is -0.393. The van der Waals surface area contributed by atoms with E-state index in [1.165, 1.54) is 0 Å². The quantitative estimate of drug-likeness (QED) is 0.198. The molecule has 18 nitrogen and oxygen atoms in total. The molecule has 34 heavy (non-hydrogen) atoms. The van der Waals surface area contributed by atoms with Gasteiger partial charge in [-0.1, -0.05) is 0 Å². The first kappa shape index (κ1) is 25.5. The van der Waals surface area contributed by atoms with E-state index in [0.29, 0.717) is 0 Å². The van der Waals surface area contributed by atoms with Gasteiger partial charge in [-0.3, -0.25) is 9.13 Å². The molecule has 2 aliphatic rings. The Kier molecular flexibility index (Phi) is 7.84. The highest BCUT2D eigenvalue weighted by Crippen LogP contribution is 2.28. The van der Waals surface area contributed by atoms with Crippen LogP contribution in [0.15, 0.2) is 22.2 Å². The molecular weight excluding hydrogens is 464 g/mol. The summed E-state index contributed by atoms with van der Waals surface area (Å²) in [5.41, 5.74) is 8.91. The van der Waals surface area contributed by atoms with Crippen molar-refractivity contribution in [2.45, 2.75) is 49.1 Å². The zero-order chi connectivity index (χ0) is 25.2. The molecule has 4 heterocycles. The normalized spacial score (nSPS) is 32.9. The van der Waals surface area contributed by atoms with E-state index in [4.69, 9.17) is 31.2 Å². The van der Waals surface area contributed by atoms with Crippen molar-refractivity contribution >= 4 is 11.9 Å². The van der Waals surface area contributed by atoms with Crippen molar-refractivity contribution in [1.29, 1.82) is 0 Å². The molecule has 0 radical (unpaired) electrons. The number of rotatable bonds is 4. The van der Waals surface area contributed by atoms with E-state index in [0.717, 1.165) is 21.8 Å². The first-order valence-electron chi connectivity index (χ1n) is 9.75. The fraction of sp³-hybridized carbons (Fsp3) is 0.625. The minimum atomic E-state index is -1.35. The molecule has 188 valence electrons. The molecule has 18 heteroatoms. The Morgan fingerprint density at radius 3 is 1.35 bits per heavy atom. The number of aliphatic hydroxyl groups excluding tert-OH is 6. The van der Waals surface area contributed by atoms with Gasteiger partial charge in [-0.15, -0.1) is 0 Å². The van der Waals surface area contributed by atoms with Crippen LogP contribution in [0.4, 0.5) is 11.9 Å². The van der Waals surface area contributed by atoms with E-state index in [1.54, 1.807) is 0 Å². The first-order valence-corrected chi connectivity index (χ1v) is 9.75. The molecule has 2 aromatic heterocycles. The van der Waals surface area contributed by atoms with E-state index in [9.17, 15) is 30.0 Å². The maximum absolute atomic E-state index is 11.5. The van der Waals surface area contributed by atoms with Gasteiger partial charge in [0.2, 0.25) is 11.9 Å². The average molecular weight is 488 g/mol. The predicted molar refractivity (Wildman–Crippen MR) is 107 cm³/mol. The second-order valence-electron chi connectivity index (χ2n) is 7.27. The summed E-state index contributed by atoms with van der Waals surface area (Å²) in [7, 11) is 0. The van der Waals surface area contributed by atoms with Gasteiger partial charge in [-0.2, -0.15) is 9.97 Å². The van der Waals surface area contributed by atoms with Crippen LogP contribution >= 0.6 is 0 Å². The lowest BCUT2D eigenvalue weighted by molar-refractivity contribution is -0.0554. The highest BCUT2D eigenvalue weighted by molar-refractivity contribution is 5.10. The molecule has 2 fully saturated rings. The van der Waals surface area contributed by atoms with E-state index in [1.807, 2.05) is 0 Å². The van der Waals surface area contributed by atoms with Crippen LogP contribution in [0.5, 0.6) is 0 Å². The van der Waals surface area contributed by atoms with Gasteiger partial charge in [-0.25, -0.2) is 19.6 Å². The number of aliphatic hydroxyl groups is 6. The SMILES string of the molecule is Nc1ncn([C@@H]2O[C@H](CO)[C@@H](O)[C@H]2O)c(=O)n1.Nc1ncn([C@@H]2O[C@H](CO)[C@@H](O)[C@H]2O)c(=O)n1. The summed E-state index contributed by atoms with van der Waals surface area (Å²) >= 11 is 0. The molecular formula is C16H24N8O10. The maximum atomic E-state index is 11.5. The van der Waals surface area contributed by atoms with Crippen molar-refractivity contribution < 1.29 is 40.1 Å². The molecule has 2 aliphatic heterocycles. The Morgan fingerprint density at radius 1 is 0.735 bits per heavy atom. The van der Waals surface area contributed by atoms with Crippen LogP contribution in [-0.4, -0.2) is 110 Å². The summed E-state index contributed by atoms with van der Waals surface area (Å²) in [5, 5.41) is 56.2. The minimum Gasteiger partial charge on any atom is -0.394 e.